The van der Waals surface area contributed by atoms with Crippen LogP contribution in [-0.2, 0) is 9.59 Å². The highest BCUT2D eigenvalue weighted by Gasteiger charge is 2.29. The molecule has 1 aliphatic rings. The second-order valence-corrected chi connectivity index (χ2v) is 5.80. The minimum absolute atomic E-state index is 0.0878. The van der Waals surface area contributed by atoms with Crippen LogP contribution in [0, 0.1) is 17.6 Å². The van der Waals surface area contributed by atoms with Crippen LogP contribution in [0.3, 0.4) is 0 Å². The highest BCUT2D eigenvalue weighted by atomic mass is 19.1. The summed E-state index contributed by atoms with van der Waals surface area (Å²) in [4.78, 5) is 37.8. The van der Waals surface area contributed by atoms with E-state index in [1.54, 1.807) is 0 Å². The molecule has 2 rings (SSSR count). The zero-order chi connectivity index (χ0) is 17.9. The van der Waals surface area contributed by atoms with Crippen molar-refractivity contribution in [2.75, 3.05) is 26.7 Å². The molecular weight excluding hydrogens is 322 g/mol. The van der Waals surface area contributed by atoms with Gasteiger partial charge in [-0.1, -0.05) is 0 Å². The lowest BCUT2D eigenvalue weighted by molar-refractivity contribution is -0.145. The number of carboxylic acids is 1. The third-order valence-electron chi connectivity index (χ3n) is 4.00. The maximum absolute atomic E-state index is 13.6. The van der Waals surface area contributed by atoms with Crippen LogP contribution in [0.1, 0.15) is 23.2 Å². The second-order valence-electron chi connectivity index (χ2n) is 5.80. The summed E-state index contributed by atoms with van der Waals surface area (Å²) in [6.45, 7) is 0.171. The van der Waals surface area contributed by atoms with Gasteiger partial charge >= 0.3 is 5.97 Å². The fourth-order valence-electron chi connectivity index (χ4n) is 2.65. The van der Waals surface area contributed by atoms with Crippen LogP contribution >= 0.6 is 0 Å². The Kier molecular flexibility index (Phi) is 5.48. The maximum atomic E-state index is 13.6. The van der Waals surface area contributed by atoms with Crippen molar-refractivity contribution in [3.05, 3.63) is 35.4 Å². The molecule has 1 unspecified atom stereocenters. The number of piperidine rings is 1. The minimum Gasteiger partial charge on any atom is -0.481 e. The number of likely N-dealkylation sites (tertiary alicyclic amines) is 1. The topological polar surface area (TPSA) is 77.9 Å². The fourth-order valence-corrected chi connectivity index (χ4v) is 2.65. The van der Waals surface area contributed by atoms with Gasteiger partial charge < -0.3 is 14.9 Å². The molecular formula is C16H18F2N2O4. The summed E-state index contributed by atoms with van der Waals surface area (Å²) in [5, 5.41) is 9.03. The molecule has 0 bridgehead atoms. The largest absolute Gasteiger partial charge is 0.481 e. The van der Waals surface area contributed by atoms with Gasteiger partial charge in [-0.2, -0.15) is 0 Å². The van der Waals surface area contributed by atoms with Crippen molar-refractivity contribution in [2.45, 2.75) is 12.8 Å². The molecule has 0 aromatic heterocycles. The predicted octanol–water partition coefficient (Wildman–Crippen LogP) is 1.36. The van der Waals surface area contributed by atoms with Crippen molar-refractivity contribution in [2.24, 2.45) is 5.92 Å². The van der Waals surface area contributed by atoms with Crippen LogP contribution in [0.25, 0.3) is 0 Å². The summed E-state index contributed by atoms with van der Waals surface area (Å²) in [5.74, 6) is -4.44. The van der Waals surface area contributed by atoms with Gasteiger partial charge in [-0.25, -0.2) is 8.78 Å². The number of amides is 2. The molecule has 130 valence electrons. The van der Waals surface area contributed by atoms with E-state index in [2.05, 4.69) is 0 Å². The van der Waals surface area contributed by atoms with Crippen LogP contribution in [0.5, 0.6) is 0 Å². The Bertz CT molecular complexity index is 665. The first kappa shape index (κ1) is 17.8. The van der Waals surface area contributed by atoms with E-state index in [4.69, 9.17) is 5.11 Å². The van der Waals surface area contributed by atoms with E-state index in [1.165, 1.54) is 11.9 Å². The van der Waals surface area contributed by atoms with Crippen LogP contribution in [-0.4, -0.2) is 59.4 Å². The van der Waals surface area contributed by atoms with E-state index >= 15 is 0 Å². The first-order valence-electron chi connectivity index (χ1n) is 7.50. The molecule has 24 heavy (non-hydrogen) atoms. The molecule has 0 saturated carbocycles. The summed E-state index contributed by atoms with van der Waals surface area (Å²) in [5.41, 5.74) is -0.452. The lowest BCUT2D eigenvalue weighted by atomic mass is 9.98. The van der Waals surface area contributed by atoms with Gasteiger partial charge in [0.15, 0.2) is 0 Å². The number of halogens is 2. The zero-order valence-corrected chi connectivity index (χ0v) is 13.2. The SMILES string of the molecule is CN(CC(=O)N1CCCC(C(=O)O)C1)C(=O)c1cc(F)ccc1F. The van der Waals surface area contributed by atoms with Crippen LogP contribution in [0.2, 0.25) is 0 Å². The molecule has 1 N–H and O–H groups in total. The Morgan fingerprint density at radius 2 is 2.04 bits per heavy atom. The Morgan fingerprint density at radius 1 is 1.33 bits per heavy atom. The van der Waals surface area contributed by atoms with Gasteiger partial charge in [0.2, 0.25) is 5.91 Å². The number of hydrogen-bond acceptors (Lipinski definition) is 3. The Labute approximate surface area is 137 Å². The number of carbonyl (C=O) groups is 3. The molecule has 1 atom stereocenters. The van der Waals surface area contributed by atoms with Crippen molar-refractivity contribution >= 4 is 17.8 Å². The summed E-state index contributed by atoms with van der Waals surface area (Å²) in [6.07, 6.45) is 1.07. The maximum Gasteiger partial charge on any atom is 0.308 e. The zero-order valence-electron chi connectivity index (χ0n) is 13.2. The van der Waals surface area contributed by atoms with E-state index < -0.39 is 40.9 Å². The Balaban J connectivity index is 2.01. The van der Waals surface area contributed by atoms with Crippen molar-refractivity contribution < 1.29 is 28.3 Å². The number of carbonyl (C=O) groups excluding carboxylic acids is 2. The number of hydrogen-bond donors (Lipinski definition) is 1. The first-order valence-corrected chi connectivity index (χ1v) is 7.50. The normalized spacial score (nSPS) is 17.5. The third kappa shape index (κ3) is 4.06. The molecule has 0 radical (unpaired) electrons. The number of benzene rings is 1. The smallest absolute Gasteiger partial charge is 0.308 e. The highest BCUT2D eigenvalue weighted by Crippen LogP contribution is 2.17. The first-order chi connectivity index (χ1) is 11.3. The van der Waals surface area contributed by atoms with Gasteiger partial charge in [0.1, 0.15) is 11.6 Å². The van der Waals surface area contributed by atoms with Crippen molar-refractivity contribution in [3.63, 3.8) is 0 Å². The molecule has 1 aromatic carbocycles. The lowest BCUT2D eigenvalue weighted by Gasteiger charge is -2.32. The summed E-state index contributed by atoms with van der Waals surface area (Å²) in [6, 6.07) is 2.53. The average Bonchev–Trinajstić information content (AvgIpc) is 2.56. The van der Waals surface area contributed by atoms with E-state index in [-0.39, 0.29) is 13.1 Å². The van der Waals surface area contributed by atoms with Crippen LogP contribution < -0.4 is 0 Å². The minimum atomic E-state index is -0.959. The van der Waals surface area contributed by atoms with Gasteiger partial charge in [0.25, 0.3) is 5.91 Å². The Hall–Kier alpha value is -2.51. The van der Waals surface area contributed by atoms with Gasteiger partial charge in [-0.15, -0.1) is 0 Å². The van der Waals surface area contributed by atoms with Gasteiger partial charge in [0, 0.05) is 20.1 Å². The number of likely N-dealkylation sites (N-methyl/N-ethyl adjacent to an activating group) is 1. The van der Waals surface area contributed by atoms with E-state index in [0.29, 0.717) is 19.4 Å². The number of rotatable bonds is 4. The van der Waals surface area contributed by atoms with Gasteiger partial charge in [-0.05, 0) is 31.0 Å². The van der Waals surface area contributed by atoms with Crippen LogP contribution in [0.4, 0.5) is 8.78 Å². The van der Waals surface area contributed by atoms with Crippen molar-refractivity contribution in [3.8, 4) is 0 Å². The van der Waals surface area contributed by atoms with E-state index in [9.17, 15) is 23.2 Å². The van der Waals surface area contributed by atoms with E-state index in [1.807, 2.05) is 0 Å². The molecule has 2 amide bonds. The van der Waals surface area contributed by atoms with E-state index in [0.717, 1.165) is 23.1 Å². The molecule has 0 spiro atoms. The standard InChI is InChI=1S/C16H18F2N2O4/c1-19(15(22)12-7-11(17)4-5-13(12)18)9-14(21)20-6-2-3-10(8-20)16(23)24/h4-5,7,10H,2-3,6,8-9H2,1H3,(H,23,24). The molecule has 1 fully saturated rings. The molecule has 8 heteroatoms. The quantitative estimate of drug-likeness (QED) is 0.898. The molecule has 1 heterocycles. The highest BCUT2D eigenvalue weighted by molar-refractivity contribution is 5.96. The van der Waals surface area contributed by atoms with Crippen molar-refractivity contribution in [1.82, 2.24) is 9.80 Å². The van der Waals surface area contributed by atoms with Gasteiger partial charge in [-0.3, -0.25) is 14.4 Å². The van der Waals surface area contributed by atoms with Crippen molar-refractivity contribution in [1.29, 1.82) is 0 Å². The molecule has 1 aromatic rings. The average molecular weight is 340 g/mol. The number of nitrogens with zero attached hydrogens (tertiary/aromatic N) is 2. The molecule has 1 aliphatic heterocycles. The second kappa shape index (κ2) is 7.37. The predicted molar refractivity (Wildman–Crippen MR) is 80.3 cm³/mol. The number of aliphatic carboxylic acids is 1. The molecule has 6 nitrogen and oxygen atoms in total. The molecule has 0 aliphatic carbocycles. The summed E-state index contributed by atoms with van der Waals surface area (Å²) < 4.78 is 26.8. The Morgan fingerprint density at radius 3 is 2.71 bits per heavy atom. The third-order valence-corrected chi connectivity index (χ3v) is 4.00. The van der Waals surface area contributed by atoms with Crippen LogP contribution in [0.15, 0.2) is 18.2 Å². The van der Waals surface area contributed by atoms with Gasteiger partial charge in [0.05, 0.1) is 18.0 Å². The number of carboxylic acid groups (broad SMARTS) is 1. The summed E-state index contributed by atoms with van der Waals surface area (Å²) in [7, 11) is 1.31. The molecule has 1 saturated heterocycles. The monoisotopic (exact) mass is 340 g/mol. The summed E-state index contributed by atoms with van der Waals surface area (Å²) >= 11 is 0. The fraction of sp³-hybridized carbons (Fsp3) is 0.438. The lowest BCUT2D eigenvalue weighted by Crippen LogP contribution is -2.47.